The minimum Gasteiger partial charge on any atom is -0.382 e. The minimum absolute atomic E-state index is 0.531. The lowest BCUT2D eigenvalue weighted by molar-refractivity contribution is 0.671. The first kappa shape index (κ1) is 12.2. The first-order valence-corrected chi connectivity index (χ1v) is 6.93. The van der Waals surface area contributed by atoms with Crippen molar-refractivity contribution in [2.45, 2.75) is 37.6 Å². The molecule has 1 aromatic carbocycles. The van der Waals surface area contributed by atoms with Crippen molar-refractivity contribution in [1.82, 2.24) is 0 Å². The lowest BCUT2D eigenvalue weighted by Crippen LogP contribution is -2.16. The zero-order chi connectivity index (χ0) is 11.3. The van der Waals surface area contributed by atoms with Crippen LogP contribution in [0.5, 0.6) is 0 Å². The molecule has 1 unspecified atom stereocenters. The van der Waals surface area contributed by atoms with E-state index in [0.717, 1.165) is 23.4 Å². The summed E-state index contributed by atoms with van der Waals surface area (Å²) in [7, 11) is -0.881. The van der Waals surface area contributed by atoms with E-state index in [1.54, 1.807) is 6.26 Å². The lowest BCUT2D eigenvalue weighted by Gasteiger charge is -2.16. The maximum Gasteiger partial charge on any atom is 0.0498 e. The summed E-state index contributed by atoms with van der Waals surface area (Å²) in [6, 6.07) is 8.36. The maximum atomic E-state index is 11.2. The van der Waals surface area contributed by atoms with Gasteiger partial charge < -0.3 is 5.32 Å². The molecule has 0 aliphatic heterocycles. The van der Waals surface area contributed by atoms with Gasteiger partial charge in [-0.1, -0.05) is 13.8 Å². The molecule has 0 fully saturated rings. The quantitative estimate of drug-likeness (QED) is 0.834. The average Bonchev–Trinajstić information content (AvgIpc) is 2.26. The van der Waals surface area contributed by atoms with E-state index in [1.165, 1.54) is 0 Å². The summed E-state index contributed by atoms with van der Waals surface area (Å²) in [5.41, 5.74) is 1.11. The SMILES string of the molecule is CCC(CC)Nc1ccc(S(C)=O)cc1. The van der Waals surface area contributed by atoms with Crippen LogP contribution in [-0.2, 0) is 10.8 Å². The van der Waals surface area contributed by atoms with Crippen LogP contribution in [0, 0.1) is 0 Å². The predicted molar refractivity (Wildman–Crippen MR) is 66.8 cm³/mol. The van der Waals surface area contributed by atoms with E-state index in [1.807, 2.05) is 24.3 Å². The predicted octanol–water partition coefficient (Wildman–Crippen LogP) is 3.02. The van der Waals surface area contributed by atoms with Crippen LogP contribution in [0.1, 0.15) is 26.7 Å². The molecule has 0 radical (unpaired) electrons. The fraction of sp³-hybridized carbons (Fsp3) is 0.500. The Balaban J connectivity index is 2.67. The molecule has 2 nitrogen and oxygen atoms in total. The molecule has 1 aromatic rings. The number of anilines is 1. The second kappa shape index (κ2) is 5.91. The average molecular weight is 225 g/mol. The smallest absolute Gasteiger partial charge is 0.0498 e. The fourth-order valence-corrected chi connectivity index (χ4v) is 1.99. The molecular weight excluding hydrogens is 206 g/mol. The van der Waals surface area contributed by atoms with Gasteiger partial charge in [-0.3, -0.25) is 4.21 Å². The Hall–Kier alpha value is -0.830. The van der Waals surface area contributed by atoms with Crippen LogP contribution in [0.25, 0.3) is 0 Å². The van der Waals surface area contributed by atoms with Crippen LogP contribution in [0.15, 0.2) is 29.2 Å². The van der Waals surface area contributed by atoms with E-state index in [0.29, 0.717) is 6.04 Å². The van der Waals surface area contributed by atoms with Crippen LogP contribution in [0.3, 0.4) is 0 Å². The van der Waals surface area contributed by atoms with E-state index in [9.17, 15) is 4.21 Å². The highest BCUT2D eigenvalue weighted by molar-refractivity contribution is 7.84. The van der Waals surface area contributed by atoms with Crippen LogP contribution >= 0.6 is 0 Å². The highest BCUT2D eigenvalue weighted by Crippen LogP contribution is 2.14. The molecule has 0 bridgehead atoms. The highest BCUT2D eigenvalue weighted by atomic mass is 32.2. The normalized spacial score (nSPS) is 12.8. The number of rotatable bonds is 5. The molecule has 0 saturated carbocycles. The number of hydrogen-bond donors (Lipinski definition) is 1. The summed E-state index contributed by atoms with van der Waals surface area (Å²) in [6.45, 7) is 4.35. The van der Waals surface area contributed by atoms with Gasteiger partial charge in [-0.15, -0.1) is 0 Å². The summed E-state index contributed by atoms with van der Waals surface area (Å²) >= 11 is 0. The molecule has 15 heavy (non-hydrogen) atoms. The van der Waals surface area contributed by atoms with Crippen molar-refractivity contribution >= 4 is 16.5 Å². The number of benzene rings is 1. The highest BCUT2D eigenvalue weighted by Gasteiger charge is 2.03. The first-order chi connectivity index (χ1) is 7.17. The fourth-order valence-electron chi connectivity index (χ4n) is 1.47. The zero-order valence-corrected chi connectivity index (χ0v) is 10.4. The van der Waals surface area contributed by atoms with Crippen molar-refractivity contribution in [2.75, 3.05) is 11.6 Å². The molecule has 0 saturated heterocycles. The van der Waals surface area contributed by atoms with Crippen molar-refractivity contribution in [3.63, 3.8) is 0 Å². The number of nitrogens with one attached hydrogen (secondary N) is 1. The van der Waals surface area contributed by atoms with Gasteiger partial charge in [0, 0.05) is 33.7 Å². The molecule has 3 heteroatoms. The van der Waals surface area contributed by atoms with Crippen molar-refractivity contribution in [2.24, 2.45) is 0 Å². The van der Waals surface area contributed by atoms with E-state index >= 15 is 0 Å². The second-order valence-corrected chi connectivity index (χ2v) is 5.02. The summed E-state index contributed by atoms with van der Waals surface area (Å²) in [5.74, 6) is 0. The Morgan fingerprint density at radius 1 is 1.20 bits per heavy atom. The molecule has 84 valence electrons. The standard InChI is InChI=1S/C12H19NOS/c1-4-10(5-2)13-11-6-8-12(9-7-11)15(3)14/h6-10,13H,4-5H2,1-3H3. The van der Waals surface area contributed by atoms with Gasteiger partial charge in [-0.25, -0.2) is 0 Å². The topological polar surface area (TPSA) is 29.1 Å². The van der Waals surface area contributed by atoms with Crippen LogP contribution in [0.2, 0.25) is 0 Å². The molecule has 1 atom stereocenters. The molecule has 0 heterocycles. The summed E-state index contributed by atoms with van der Waals surface area (Å²) < 4.78 is 11.2. The summed E-state index contributed by atoms with van der Waals surface area (Å²) in [5, 5.41) is 3.45. The third kappa shape index (κ3) is 3.67. The molecule has 0 aromatic heterocycles. The van der Waals surface area contributed by atoms with Gasteiger partial charge in [0.25, 0.3) is 0 Å². The molecule has 0 aliphatic carbocycles. The van der Waals surface area contributed by atoms with Gasteiger partial charge in [0.05, 0.1) is 0 Å². The third-order valence-corrected chi connectivity index (χ3v) is 3.48. The molecular formula is C12H19NOS. The Kier molecular flexibility index (Phi) is 4.82. The van der Waals surface area contributed by atoms with E-state index in [2.05, 4.69) is 19.2 Å². The van der Waals surface area contributed by atoms with E-state index < -0.39 is 10.8 Å². The summed E-state index contributed by atoms with van der Waals surface area (Å²) in [6.07, 6.45) is 3.94. The van der Waals surface area contributed by atoms with Crippen LogP contribution in [0.4, 0.5) is 5.69 Å². The second-order valence-electron chi connectivity index (χ2n) is 3.64. The van der Waals surface area contributed by atoms with Crippen molar-refractivity contribution in [1.29, 1.82) is 0 Å². The van der Waals surface area contributed by atoms with Crippen molar-refractivity contribution in [3.8, 4) is 0 Å². The lowest BCUT2D eigenvalue weighted by atomic mass is 10.1. The Bertz CT molecular complexity index is 317. The van der Waals surface area contributed by atoms with Gasteiger partial charge in [0.1, 0.15) is 0 Å². The minimum atomic E-state index is -0.881. The third-order valence-electron chi connectivity index (χ3n) is 2.54. The molecule has 1 rings (SSSR count). The Morgan fingerprint density at radius 3 is 2.13 bits per heavy atom. The monoisotopic (exact) mass is 225 g/mol. The Morgan fingerprint density at radius 2 is 1.73 bits per heavy atom. The van der Waals surface area contributed by atoms with Gasteiger partial charge in [0.2, 0.25) is 0 Å². The van der Waals surface area contributed by atoms with Crippen molar-refractivity contribution in [3.05, 3.63) is 24.3 Å². The Labute approximate surface area is 94.5 Å². The largest absolute Gasteiger partial charge is 0.382 e. The molecule has 0 aliphatic rings. The number of hydrogen-bond acceptors (Lipinski definition) is 2. The van der Waals surface area contributed by atoms with E-state index in [-0.39, 0.29) is 0 Å². The zero-order valence-electron chi connectivity index (χ0n) is 9.62. The molecule has 1 N–H and O–H groups in total. The molecule has 0 spiro atoms. The maximum absolute atomic E-state index is 11.2. The first-order valence-electron chi connectivity index (χ1n) is 5.37. The summed E-state index contributed by atoms with van der Waals surface area (Å²) in [4.78, 5) is 0.880. The van der Waals surface area contributed by atoms with Crippen LogP contribution < -0.4 is 5.32 Å². The van der Waals surface area contributed by atoms with E-state index in [4.69, 9.17) is 0 Å². The van der Waals surface area contributed by atoms with Gasteiger partial charge in [-0.05, 0) is 37.1 Å². The van der Waals surface area contributed by atoms with Gasteiger partial charge in [0.15, 0.2) is 0 Å². The van der Waals surface area contributed by atoms with Crippen LogP contribution in [-0.4, -0.2) is 16.5 Å². The van der Waals surface area contributed by atoms with Gasteiger partial charge in [-0.2, -0.15) is 0 Å². The molecule has 0 amide bonds. The van der Waals surface area contributed by atoms with Gasteiger partial charge >= 0.3 is 0 Å². The van der Waals surface area contributed by atoms with Crippen molar-refractivity contribution < 1.29 is 4.21 Å².